The highest BCUT2D eigenvalue weighted by Gasteiger charge is 2.39. The molecule has 0 saturated heterocycles. The van der Waals surface area contributed by atoms with Crippen molar-refractivity contribution in [2.24, 2.45) is 0 Å². The fraction of sp³-hybridized carbons (Fsp3) is 0.321. The summed E-state index contributed by atoms with van der Waals surface area (Å²) in [6.45, 7) is 4.33. The third kappa shape index (κ3) is 4.66. The van der Waals surface area contributed by atoms with Crippen LogP contribution in [-0.2, 0) is 4.79 Å². The van der Waals surface area contributed by atoms with E-state index < -0.39 is 0 Å². The van der Waals surface area contributed by atoms with Gasteiger partial charge in [0.15, 0.2) is 0 Å². The van der Waals surface area contributed by atoms with Crippen LogP contribution < -0.4 is 10.1 Å². The Kier molecular flexibility index (Phi) is 6.41. The van der Waals surface area contributed by atoms with Gasteiger partial charge in [-0.1, -0.05) is 92.7 Å². The molecule has 0 bridgehead atoms. The Balaban J connectivity index is 1.58. The molecule has 0 radical (unpaired) electrons. The standard InChI is InChI=1S/C28H31NO2/c1-3-28(4-2)20-25(23-17-11-12-18-26(23)31-28)29-27(30)19-24(21-13-7-5-8-14-21)22-15-9-6-10-16-22/h5-18,24-25H,3-4,19-20H2,1-2H3,(H,29,30). The van der Waals surface area contributed by atoms with E-state index in [9.17, 15) is 4.79 Å². The van der Waals surface area contributed by atoms with Gasteiger partial charge in [-0.05, 0) is 30.0 Å². The third-order valence-electron chi connectivity index (χ3n) is 6.61. The van der Waals surface area contributed by atoms with E-state index in [1.165, 1.54) is 0 Å². The van der Waals surface area contributed by atoms with E-state index in [-0.39, 0.29) is 23.5 Å². The lowest BCUT2D eigenvalue weighted by Crippen LogP contribution is -2.44. The molecule has 0 fully saturated rings. The number of carbonyl (C=O) groups is 1. The lowest BCUT2D eigenvalue weighted by Gasteiger charge is -2.41. The summed E-state index contributed by atoms with van der Waals surface area (Å²) < 4.78 is 6.40. The van der Waals surface area contributed by atoms with E-state index >= 15 is 0 Å². The summed E-state index contributed by atoms with van der Waals surface area (Å²) in [5.74, 6) is 0.991. The van der Waals surface area contributed by atoms with Crippen LogP contribution in [0.15, 0.2) is 84.9 Å². The summed E-state index contributed by atoms with van der Waals surface area (Å²) in [6, 6.07) is 28.7. The van der Waals surface area contributed by atoms with Gasteiger partial charge in [0.05, 0.1) is 6.04 Å². The van der Waals surface area contributed by atoms with E-state index in [1.807, 2.05) is 54.6 Å². The van der Waals surface area contributed by atoms with Gasteiger partial charge in [-0.2, -0.15) is 0 Å². The fourth-order valence-electron chi connectivity index (χ4n) is 4.67. The van der Waals surface area contributed by atoms with Crippen molar-refractivity contribution in [2.75, 3.05) is 0 Å². The van der Waals surface area contributed by atoms with Crippen LogP contribution in [0.4, 0.5) is 0 Å². The largest absolute Gasteiger partial charge is 0.487 e. The summed E-state index contributed by atoms with van der Waals surface area (Å²) >= 11 is 0. The lowest BCUT2D eigenvalue weighted by molar-refractivity contribution is -0.122. The number of fused-ring (bicyclic) bond motifs is 1. The number of ether oxygens (including phenoxy) is 1. The minimum absolute atomic E-state index is 0.0274. The molecule has 1 atom stereocenters. The topological polar surface area (TPSA) is 38.3 Å². The quantitative estimate of drug-likeness (QED) is 0.486. The molecule has 3 aromatic rings. The molecule has 1 aliphatic heterocycles. The van der Waals surface area contributed by atoms with Crippen LogP contribution >= 0.6 is 0 Å². The number of rotatable bonds is 7. The summed E-state index contributed by atoms with van der Waals surface area (Å²) in [5, 5.41) is 3.35. The maximum absolute atomic E-state index is 13.3. The first kappa shape index (κ1) is 21.2. The molecule has 1 N–H and O–H groups in total. The molecular weight excluding hydrogens is 382 g/mol. The Morgan fingerprint density at radius 2 is 1.45 bits per heavy atom. The van der Waals surface area contributed by atoms with Crippen LogP contribution in [0, 0.1) is 0 Å². The zero-order valence-corrected chi connectivity index (χ0v) is 18.4. The lowest BCUT2D eigenvalue weighted by atomic mass is 9.83. The van der Waals surface area contributed by atoms with Crippen molar-refractivity contribution in [1.82, 2.24) is 5.32 Å². The molecule has 0 aromatic heterocycles. The van der Waals surface area contributed by atoms with Gasteiger partial charge in [-0.25, -0.2) is 0 Å². The number of hydrogen-bond donors (Lipinski definition) is 1. The van der Waals surface area contributed by atoms with Gasteiger partial charge in [-0.15, -0.1) is 0 Å². The number of amides is 1. The molecule has 1 aliphatic rings. The van der Waals surface area contributed by atoms with Crippen LogP contribution in [0.5, 0.6) is 5.75 Å². The predicted octanol–water partition coefficient (Wildman–Crippen LogP) is 6.41. The second-order valence-corrected chi connectivity index (χ2v) is 8.43. The SMILES string of the molecule is CCC1(CC)CC(NC(=O)CC(c2ccccc2)c2ccccc2)c2ccccc2O1. The van der Waals surface area contributed by atoms with Gasteiger partial charge in [0.1, 0.15) is 11.4 Å². The first-order chi connectivity index (χ1) is 15.1. The maximum atomic E-state index is 13.3. The molecule has 1 unspecified atom stereocenters. The van der Waals surface area contributed by atoms with Crippen molar-refractivity contribution in [1.29, 1.82) is 0 Å². The first-order valence-corrected chi connectivity index (χ1v) is 11.3. The second kappa shape index (κ2) is 9.38. The average Bonchev–Trinajstić information content (AvgIpc) is 2.83. The second-order valence-electron chi connectivity index (χ2n) is 8.43. The van der Waals surface area contributed by atoms with Gasteiger partial charge >= 0.3 is 0 Å². The van der Waals surface area contributed by atoms with Crippen LogP contribution in [-0.4, -0.2) is 11.5 Å². The normalized spacial score (nSPS) is 16.9. The van der Waals surface area contributed by atoms with Crippen molar-refractivity contribution in [3.8, 4) is 5.75 Å². The van der Waals surface area contributed by atoms with Crippen LogP contribution in [0.1, 0.15) is 68.2 Å². The molecule has 1 amide bonds. The summed E-state index contributed by atoms with van der Waals surface area (Å²) in [5.41, 5.74) is 3.16. The number of hydrogen-bond acceptors (Lipinski definition) is 2. The third-order valence-corrected chi connectivity index (χ3v) is 6.61. The Morgan fingerprint density at radius 1 is 0.903 bits per heavy atom. The van der Waals surface area contributed by atoms with E-state index in [2.05, 4.69) is 49.5 Å². The number of nitrogens with one attached hydrogen (secondary N) is 1. The zero-order chi connectivity index (χ0) is 21.7. The molecule has 0 aliphatic carbocycles. The Morgan fingerprint density at radius 3 is 2.03 bits per heavy atom. The smallest absolute Gasteiger partial charge is 0.221 e. The monoisotopic (exact) mass is 413 g/mol. The first-order valence-electron chi connectivity index (χ1n) is 11.3. The highest BCUT2D eigenvalue weighted by Crippen LogP contribution is 2.42. The van der Waals surface area contributed by atoms with Crippen LogP contribution in [0.2, 0.25) is 0 Å². The Hall–Kier alpha value is -3.07. The predicted molar refractivity (Wildman–Crippen MR) is 125 cm³/mol. The van der Waals surface area contributed by atoms with E-state index in [1.54, 1.807) is 0 Å². The minimum Gasteiger partial charge on any atom is -0.487 e. The van der Waals surface area contributed by atoms with E-state index in [0.717, 1.165) is 41.7 Å². The number of para-hydroxylation sites is 1. The molecule has 3 heteroatoms. The van der Waals surface area contributed by atoms with Gasteiger partial charge in [0.2, 0.25) is 5.91 Å². The zero-order valence-electron chi connectivity index (χ0n) is 18.4. The average molecular weight is 414 g/mol. The highest BCUT2D eigenvalue weighted by atomic mass is 16.5. The molecule has 3 nitrogen and oxygen atoms in total. The maximum Gasteiger partial charge on any atom is 0.221 e. The molecule has 160 valence electrons. The van der Waals surface area contributed by atoms with Crippen LogP contribution in [0.25, 0.3) is 0 Å². The van der Waals surface area contributed by atoms with Crippen molar-refractivity contribution >= 4 is 5.91 Å². The van der Waals surface area contributed by atoms with Crippen molar-refractivity contribution in [3.05, 3.63) is 102 Å². The molecule has 4 rings (SSSR count). The summed E-state index contributed by atoms with van der Waals surface area (Å²) in [7, 11) is 0. The molecule has 3 aromatic carbocycles. The number of carbonyl (C=O) groups excluding carboxylic acids is 1. The molecule has 1 heterocycles. The molecule has 0 saturated carbocycles. The number of benzene rings is 3. The minimum atomic E-state index is -0.232. The Bertz CT molecular complexity index is 956. The van der Waals surface area contributed by atoms with Gasteiger partial charge in [0, 0.05) is 24.3 Å². The molecular formula is C28H31NO2. The molecule has 0 spiro atoms. The van der Waals surface area contributed by atoms with Crippen LogP contribution in [0.3, 0.4) is 0 Å². The Labute approximate surface area is 185 Å². The van der Waals surface area contributed by atoms with Gasteiger partial charge < -0.3 is 10.1 Å². The van der Waals surface area contributed by atoms with Gasteiger partial charge in [-0.3, -0.25) is 4.79 Å². The summed E-state index contributed by atoms with van der Waals surface area (Å²) in [6.07, 6.45) is 3.05. The van der Waals surface area contributed by atoms with Crippen molar-refractivity contribution in [2.45, 2.75) is 57.1 Å². The van der Waals surface area contributed by atoms with E-state index in [4.69, 9.17) is 4.74 Å². The van der Waals surface area contributed by atoms with Crippen molar-refractivity contribution in [3.63, 3.8) is 0 Å². The highest BCUT2D eigenvalue weighted by molar-refractivity contribution is 5.78. The molecule has 31 heavy (non-hydrogen) atoms. The summed E-state index contributed by atoms with van der Waals surface area (Å²) in [4.78, 5) is 13.3. The van der Waals surface area contributed by atoms with E-state index in [0.29, 0.717) is 6.42 Å². The van der Waals surface area contributed by atoms with Gasteiger partial charge in [0.25, 0.3) is 0 Å². The van der Waals surface area contributed by atoms with Crippen molar-refractivity contribution < 1.29 is 9.53 Å². The fourth-order valence-corrected chi connectivity index (χ4v) is 4.67.